The summed E-state index contributed by atoms with van der Waals surface area (Å²) in [5, 5.41) is 2.21. The predicted octanol–water partition coefficient (Wildman–Crippen LogP) is 2.04. The van der Waals surface area contributed by atoms with Crippen LogP contribution < -0.4 is 10.0 Å². The molecule has 0 spiro atoms. The van der Waals surface area contributed by atoms with Crippen molar-refractivity contribution in [2.45, 2.75) is 32.5 Å². The molecule has 0 heterocycles. The molecule has 0 radical (unpaired) electrons. The Bertz CT molecular complexity index is 796. The summed E-state index contributed by atoms with van der Waals surface area (Å²) < 4.78 is 82.0. The number of benzene rings is 1. The Morgan fingerprint density at radius 1 is 1.26 bits per heavy atom. The van der Waals surface area contributed by atoms with Crippen molar-refractivity contribution in [1.82, 2.24) is 5.32 Å². The Morgan fingerprint density at radius 2 is 1.89 bits per heavy atom. The highest BCUT2D eigenvalue weighted by Gasteiger charge is 2.35. The molecule has 0 saturated heterocycles. The Morgan fingerprint density at radius 3 is 2.44 bits per heavy atom. The van der Waals surface area contributed by atoms with E-state index in [0.29, 0.717) is 12.1 Å². The molecule has 12 heteroatoms. The van der Waals surface area contributed by atoms with Crippen LogP contribution in [0.5, 0.6) is 0 Å². The Balaban J connectivity index is 2.75. The normalized spacial score (nSPS) is 13.0. The van der Waals surface area contributed by atoms with Crippen molar-refractivity contribution in [3.05, 3.63) is 29.6 Å². The highest BCUT2D eigenvalue weighted by Crippen LogP contribution is 2.35. The molecular formula is C15H18F4N2O5S. The van der Waals surface area contributed by atoms with Crippen LogP contribution in [0.2, 0.25) is 0 Å². The molecule has 0 saturated carbocycles. The number of nitrogens with one attached hydrogen (secondary N) is 2. The van der Waals surface area contributed by atoms with Gasteiger partial charge in [-0.25, -0.2) is 17.6 Å². The van der Waals surface area contributed by atoms with Gasteiger partial charge in [0.1, 0.15) is 11.9 Å². The second-order valence-electron chi connectivity index (χ2n) is 5.40. The van der Waals surface area contributed by atoms with Crippen LogP contribution in [0.3, 0.4) is 0 Å². The molecule has 7 nitrogen and oxygen atoms in total. The monoisotopic (exact) mass is 414 g/mol. The minimum Gasteiger partial charge on any atom is -0.464 e. The zero-order valence-electron chi connectivity index (χ0n) is 14.4. The smallest absolute Gasteiger partial charge is 0.418 e. The molecule has 152 valence electrons. The fourth-order valence-corrected chi connectivity index (χ4v) is 2.99. The molecular weight excluding hydrogens is 396 g/mol. The first kappa shape index (κ1) is 22.7. The fraction of sp³-hybridized carbons (Fsp3) is 0.467. The van der Waals surface area contributed by atoms with Gasteiger partial charge in [-0.1, -0.05) is 0 Å². The second kappa shape index (κ2) is 9.02. The number of halogens is 4. The maximum atomic E-state index is 13.0. The van der Waals surface area contributed by atoms with Crippen molar-refractivity contribution in [3.63, 3.8) is 0 Å². The highest BCUT2D eigenvalue weighted by atomic mass is 32.2. The number of carbonyl (C=O) groups excluding carboxylic acids is 2. The summed E-state index contributed by atoms with van der Waals surface area (Å²) in [7, 11) is -4.34. The number of alkyl halides is 3. The molecule has 0 bridgehead atoms. The van der Waals surface area contributed by atoms with Crippen LogP contribution in [0.1, 0.15) is 25.8 Å². The zero-order chi connectivity index (χ0) is 20.8. The number of ether oxygens (including phenoxy) is 1. The number of hydrogen-bond donors (Lipinski definition) is 2. The fourth-order valence-electron chi connectivity index (χ4n) is 1.93. The molecule has 0 fully saturated rings. The highest BCUT2D eigenvalue weighted by molar-refractivity contribution is 7.92. The Labute approximate surface area is 153 Å². The van der Waals surface area contributed by atoms with Gasteiger partial charge < -0.3 is 10.1 Å². The zero-order valence-corrected chi connectivity index (χ0v) is 15.2. The van der Waals surface area contributed by atoms with E-state index in [-0.39, 0.29) is 12.7 Å². The number of esters is 1. The summed E-state index contributed by atoms with van der Waals surface area (Å²) in [5.74, 6) is -3.55. The summed E-state index contributed by atoms with van der Waals surface area (Å²) in [4.78, 5) is 23.1. The van der Waals surface area contributed by atoms with Crippen molar-refractivity contribution in [2.75, 3.05) is 17.1 Å². The Hall–Kier alpha value is -2.37. The third kappa shape index (κ3) is 7.41. The molecule has 0 aliphatic carbocycles. The molecule has 1 unspecified atom stereocenters. The van der Waals surface area contributed by atoms with E-state index in [2.05, 4.69) is 10.1 Å². The van der Waals surface area contributed by atoms with Crippen molar-refractivity contribution in [3.8, 4) is 0 Å². The summed E-state index contributed by atoms with van der Waals surface area (Å²) in [6, 6.07) is 0.451. The SMILES string of the molecule is CCOC(=O)C(C)NC(=O)CCS(=O)(=O)Nc1ccc(F)cc1C(F)(F)F. The summed E-state index contributed by atoms with van der Waals surface area (Å²) in [6.07, 6.45) is -5.59. The van der Waals surface area contributed by atoms with Crippen molar-refractivity contribution in [2.24, 2.45) is 0 Å². The van der Waals surface area contributed by atoms with E-state index in [1.54, 1.807) is 11.6 Å². The molecule has 1 aromatic rings. The number of hydrogen-bond acceptors (Lipinski definition) is 5. The van der Waals surface area contributed by atoms with Crippen LogP contribution in [0.15, 0.2) is 18.2 Å². The molecule has 1 rings (SSSR count). The van der Waals surface area contributed by atoms with Gasteiger partial charge in [0.25, 0.3) is 0 Å². The largest absolute Gasteiger partial charge is 0.464 e. The molecule has 0 aliphatic rings. The van der Waals surface area contributed by atoms with Gasteiger partial charge in [0, 0.05) is 6.42 Å². The number of amides is 1. The minimum atomic E-state index is -4.98. The van der Waals surface area contributed by atoms with Gasteiger partial charge in [0.2, 0.25) is 15.9 Å². The van der Waals surface area contributed by atoms with Crippen molar-refractivity contribution >= 4 is 27.6 Å². The maximum absolute atomic E-state index is 13.0. The number of anilines is 1. The third-order valence-electron chi connectivity index (χ3n) is 3.17. The average Bonchev–Trinajstić information content (AvgIpc) is 2.54. The van der Waals surface area contributed by atoms with Gasteiger partial charge in [0.05, 0.1) is 23.6 Å². The third-order valence-corrected chi connectivity index (χ3v) is 4.44. The second-order valence-corrected chi connectivity index (χ2v) is 7.24. The topological polar surface area (TPSA) is 102 Å². The summed E-state index contributed by atoms with van der Waals surface area (Å²) in [6.45, 7) is 2.99. The first-order valence-electron chi connectivity index (χ1n) is 7.69. The van der Waals surface area contributed by atoms with Crippen LogP contribution in [0.4, 0.5) is 23.2 Å². The van der Waals surface area contributed by atoms with Crippen molar-refractivity contribution in [1.29, 1.82) is 0 Å². The number of sulfonamides is 1. The molecule has 1 amide bonds. The van der Waals surface area contributed by atoms with Gasteiger partial charge in [-0.15, -0.1) is 0 Å². The van der Waals surface area contributed by atoms with E-state index in [1.807, 2.05) is 0 Å². The molecule has 1 aromatic carbocycles. The number of carbonyl (C=O) groups is 2. The van der Waals surface area contributed by atoms with Gasteiger partial charge in [0.15, 0.2) is 0 Å². The lowest BCUT2D eigenvalue weighted by Gasteiger charge is -2.15. The standard InChI is InChI=1S/C15H18F4N2O5S/c1-3-26-14(23)9(2)20-13(22)6-7-27(24,25)21-12-5-4-10(16)8-11(12)15(17,18)19/h4-5,8-9,21H,3,6-7H2,1-2H3,(H,20,22). The van der Waals surface area contributed by atoms with E-state index in [9.17, 15) is 35.6 Å². The van der Waals surface area contributed by atoms with E-state index in [0.717, 1.165) is 0 Å². The first-order chi connectivity index (χ1) is 12.4. The minimum absolute atomic E-state index is 0.0938. The maximum Gasteiger partial charge on any atom is 0.418 e. The lowest BCUT2D eigenvalue weighted by Crippen LogP contribution is -2.40. The number of rotatable bonds is 8. The van der Waals surface area contributed by atoms with E-state index >= 15 is 0 Å². The van der Waals surface area contributed by atoms with E-state index < -0.39 is 63.4 Å². The summed E-state index contributed by atoms with van der Waals surface area (Å²) >= 11 is 0. The molecule has 27 heavy (non-hydrogen) atoms. The first-order valence-corrected chi connectivity index (χ1v) is 9.34. The van der Waals surface area contributed by atoms with Crippen molar-refractivity contribution < 1.29 is 40.3 Å². The van der Waals surface area contributed by atoms with Crippen LogP contribution in [0, 0.1) is 5.82 Å². The van der Waals surface area contributed by atoms with Gasteiger partial charge in [-0.2, -0.15) is 13.2 Å². The summed E-state index contributed by atoms with van der Waals surface area (Å²) in [5.41, 5.74) is -2.35. The molecule has 2 N–H and O–H groups in total. The quantitative estimate of drug-likeness (QED) is 0.501. The van der Waals surface area contributed by atoms with Crippen LogP contribution in [0.25, 0.3) is 0 Å². The lowest BCUT2D eigenvalue weighted by atomic mass is 10.2. The molecule has 0 aromatic heterocycles. The molecule has 0 aliphatic heterocycles. The van der Waals surface area contributed by atoms with Gasteiger partial charge in [-0.3, -0.25) is 9.52 Å². The van der Waals surface area contributed by atoms with Gasteiger partial charge >= 0.3 is 12.1 Å². The average molecular weight is 414 g/mol. The van der Waals surface area contributed by atoms with E-state index in [1.165, 1.54) is 6.92 Å². The van der Waals surface area contributed by atoms with Crippen LogP contribution >= 0.6 is 0 Å². The Kier molecular flexibility index (Phi) is 7.57. The van der Waals surface area contributed by atoms with Gasteiger partial charge in [-0.05, 0) is 32.0 Å². The lowest BCUT2D eigenvalue weighted by molar-refractivity contribution is -0.146. The van der Waals surface area contributed by atoms with Crippen LogP contribution in [-0.4, -0.2) is 38.7 Å². The molecule has 1 atom stereocenters. The van der Waals surface area contributed by atoms with Crippen LogP contribution in [-0.2, 0) is 30.5 Å². The van der Waals surface area contributed by atoms with E-state index in [4.69, 9.17) is 0 Å². The predicted molar refractivity (Wildman–Crippen MR) is 87.7 cm³/mol.